The van der Waals surface area contributed by atoms with Gasteiger partial charge in [0.05, 0.1) is 21.9 Å². The van der Waals surface area contributed by atoms with Crippen LogP contribution in [0.25, 0.3) is 5.57 Å². The molecule has 3 heterocycles. The molecule has 9 heteroatoms. The number of ketones is 2. The van der Waals surface area contributed by atoms with Crippen molar-refractivity contribution >= 4 is 51.7 Å². The van der Waals surface area contributed by atoms with Gasteiger partial charge in [-0.05, 0) is 54.5 Å². The Kier molecular flexibility index (Phi) is 6.07. The lowest BCUT2D eigenvalue weighted by Crippen LogP contribution is -2.51. The summed E-state index contributed by atoms with van der Waals surface area (Å²) in [6.07, 6.45) is 1.97. The Morgan fingerprint density at radius 1 is 0.907 bits per heavy atom. The molecule has 0 aromatic heterocycles. The second kappa shape index (κ2) is 9.74. The fraction of sp³-hybridized carbons (Fsp3) is 0.147. The summed E-state index contributed by atoms with van der Waals surface area (Å²) >= 11 is 6.58. The Labute approximate surface area is 251 Å². The molecule has 1 spiro atoms. The lowest BCUT2D eigenvalue weighted by atomic mass is 9.64. The van der Waals surface area contributed by atoms with E-state index in [4.69, 9.17) is 11.6 Å². The van der Waals surface area contributed by atoms with Gasteiger partial charge in [-0.3, -0.25) is 24.5 Å². The van der Waals surface area contributed by atoms with Crippen molar-refractivity contribution in [2.75, 3.05) is 10.2 Å². The van der Waals surface area contributed by atoms with E-state index in [9.17, 15) is 24.5 Å². The van der Waals surface area contributed by atoms with Crippen molar-refractivity contribution in [2.45, 2.75) is 24.4 Å². The molecule has 1 N–H and O–H groups in total. The first-order valence-electron chi connectivity index (χ1n) is 13.8. The molecular weight excluding hydrogens is 566 g/mol. The number of nitro benzene ring substituents is 1. The zero-order valence-corrected chi connectivity index (χ0v) is 23.6. The molecule has 212 valence electrons. The van der Waals surface area contributed by atoms with E-state index in [0.717, 1.165) is 16.8 Å². The van der Waals surface area contributed by atoms with Gasteiger partial charge >= 0.3 is 0 Å². The molecule has 0 radical (unpaired) electrons. The molecule has 0 aliphatic carbocycles. The third-order valence-corrected chi connectivity index (χ3v) is 9.27. The second-order valence-corrected chi connectivity index (χ2v) is 11.4. The van der Waals surface area contributed by atoms with Crippen molar-refractivity contribution in [1.82, 2.24) is 0 Å². The van der Waals surface area contributed by atoms with Crippen LogP contribution in [0.5, 0.6) is 0 Å². The van der Waals surface area contributed by atoms with E-state index in [2.05, 4.69) is 5.32 Å². The summed E-state index contributed by atoms with van der Waals surface area (Å²) in [5.41, 5.74) is 2.49. The molecule has 0 saturated carbocycles. The number of Topliss-reactive ketones (excluding diaryl/α,β-unsaturated/α-hetero) is 2. The summed E-state index contributed by atoms with van der Waals surface area (Å²) in [7, 11) is 0. The number of allylic oxidation sites excluding steroid dienone is 1. The fourth-order valence-corrected chi connectivity index (χ4v) is 7.36. The molecule has 1 amide bonds. The molecule has 3 aliphatic heterocycles. The van der Waals surface area contributed by atoms with Crippen molar-refractivity contribution in [1.29, 1.82) is 0 Å². The van der Waals surface area contributed by atoms with Crippen LogP contribution in [-0.4, -0.2) is 34.5 Å². The Balaban J connectivity index is 1.54. The first-order valence-corrected chi connectivity index (χ1v) is 14.2. The number of halogens is 1. The third kappa shape index (κ3) is 3.73. The van der Waals surface area contributed by atoms with E-state index in [1.54, 1.807) is 30.3 Å². The van der Waals surface area contributed by atoms with Gasteiger partial charge in [-0.2, -0.15) is 0 Å². The van der Waals surface area contributed by atoms with Gasteiger partial charge in [0, 0.05) is 40.2 Å². The highest BCUT2D eigenvalue weighted by molar-refractivity contribution is 6.34. The molecule has 0 bridgehead atoms. The van der Waals surface area contributed by atoms with Crippen molar-refractivity contribution < 1.29 is 19.3 Å². The van der Waals surface area contributed by atoms with Crippen LogP contribution in [0, 0.1) is 16.0 Å². The second-order valence-electron chi connectivity index (χ2n) is 11.0. The number of hydrogen-bond acceptors (Lipinski definition) is 6. The summed E-state index contributed by atoms with van der Waals surface area (Å²) < 4.78 is 0. The number of rotatable bonds is 5. The Morgan fingerprint density at radius 3 is 2.33 bits per heavy atom. The molecular formula is C34H24ClN3O5. The van der Waals surface area contributed by atoms with Crippen molar-refractivity contribution in [3.8, 4) is 0 Å². The average Bonchev–Trinajstić information content (AvgIpc) is 3.49. The number of hydrogen-bond donors (Lipinski definition) is 1. The maximum absolute atomic E-state index is 14.9. The Hall–Kier alpha value is -5.08. The maximum Gasteiger partial charge on any atom is 0.269 e. The van der Waals surface area contributed by atoms with Gasteiger partial charge in [0.2, 0.25) is 5.91 Å². The number of benzene rings is 4. The number of para-hydroxylation sites is 2. The Bertz CT molecular complexity index is 1900. The van der Waals surface area contributed by atoms with Crippen LogP contribution < -0.4 is 10.2 Å². The van der Waals surface area contributed by atoms with Gasteiger partial charge in [-0.25, -0.2) is 0 Å². The molecule has 4 atom stereocenters. The molecule has 7 rings (SSSR count). The van der Waals surface area contributed by atoms with Gasteiger partial charge in [0.15, 0.2) is 11.6 Å². The van der Waals surface area contributed by atoms with Crippen molar-refractivity contribution in [3.05, 3.63) is 141 Å². The van der Waals surface area contributed by atoms with Crippen LogP contribution in [-0.2, 0) is 10.2 Å². The van der Waals surface area contributed by atoms with Crippen LogP contribution in [0.1, 0.15) is 38.8 Å². The van der Waals surface area contributed by atoms with E-state index < -0.39 is 39.9 Å². The van der Waals surface area contributed by atoms with E-state index >= 15 is 0 Å². The zero-order chi connectivity index (χ0) is 30.0. The minimum atomic E-state index is -1.48. The summed E-state index contributed by atoms with van der Waals surface area (Å²) in [5.74, 6) is -2.44. The van der Waals surface area contributed by atoms with Crippen LogP contribution in [0.4, 0.5) is 17.1 Å². The van der Waals surface area contributed by atoms with E-state index in [1.807, 2.05) is 60.4 Å². The van der Waals surface area contributed by atoms with E-state index in [0.29, 0.717) is 11.3 Å². The molecule has 4 aromatic rings. The highest BCUT2D eigenvalue weighted by Crippen LogP contribution is 2.59. The molecule has 1 fully saturated rings. The van der Waals surface area contributed by atoms with Gasteiger partial charge < -0.3 is 10.2 Å². The van der Waals surface area contributed by atoms with Crippen LogP contribution in [0.3, 0.4) is 0 Å². The number of nitro groups is 1. The first-order chi connectivity index (χ1) is 20.7. The lowest BCUT2D eigenvalue weighted by Gasteiger charge is -2.39. The zero-order valence-electron chi connectivity index (χ0n) is 22.9. The van der Waals surface area contributed by atoms with Gasteiger partial charge in [-0.1, -0.05) is 66.2 Å². The fourth-order valence-electron chi connectivity index (χ4n) is 7.13. The van der Waals surface area contributed by atoms with Gasteiger partial charge in [-0.15, -0.1) is 0 Å². The standard InChI is InChI=1S/C34H24ClN3O5/c1-19-18-28-34(24-10-4-6-12-26(24)36-33(34)41)29(32(40)23-9-2-5-11-25(23)35)30(37(28)27-13-7-3-8-22(19)27)31(39)20-14-16-21(17-15-20)38(42)43/h2-18,28-30H,1H3,(H,36,41)/t28-,29-,30-,34+/m0/s1. The molecule has 4 aromatic carbocycles. The minimum Gasteiger partial charge on any atom is -0.352 e. The largest absolute Gasteiger partial charge is 0.352 e. The minimum absolute atomic E-state index is 0.160. The molecule has 0 unspecified atom stereocenters. The number of carbonyl (C=O) groups is 3. The van der Waals surface area contributed by atoms with Crippen LogP contribution in [0.15, 0.2) is 103 Å². The maximum atomic E-state index is 14.9. The first kappa shape index (κ1) is 26.8. The highest BCUT2D eigenvalue weighted by Gasteiger charge is 2.70. The highest BCUT2D eigenvalue weighted by atomic mass is 35.5. The van der Waals surface area contributed by atoms with Gasteiger partial charge in [0.25, 0.3) is 5.69 Å². The number of non-ortho nitro benzene ring substituents is 1. The number of carbonyl (C=O) groups excluding carboxylic acids is 3. The molecule has 8 nitrogen and oxygen atoms in total. The van der Waals surface area contributed by atoms with Crippen LogP contribution in [0.2, 0.25) is 5.02 Å². The Morgan fingerprint density at radius 2 is 1.58 bits per heavy atom. The van der Waals surface area contributed by atoms with Crippen LogP contribution >= 0.6 is 11.6 Å². The monoisotopic (exact) mass is 589 g/mol. The summed E-state index contributed by atoms with van der Waals surface area (Å²) in [5, 5.41) is 14.6. The molecule has 43 heavy (non-hydrogen) atoms. The normalized spacial score (nSPS) is 23.2. The number of nitrogens with one attached hydrogen (secondary N) is 1. The molecule has 1 saturated heterocycles. The predicted octanol–water partition coefficient (Wildman–Crippen LogP) is 6.49. The molecule has 3 aliphatic rings. The van der Waals surface area contributed by atoms with Crippen molar-refractivity contribution in [3.63, 3.8) is 0 Å². The quantitative estimate of drug-likeness (QED) is 0.162. The number of nitrogens with zero attached hydrogens (tertiary/aromatic N) is 2. The summed E-state index contributed by atoms with van der Waals surface area (Å²) in [6, 6.07) is 25.0. The third-order valence-electron chi connectivity index (χ3n) is 8.94. The average molecular weight is 590 g/mol. The smallest absolute Gasteiger partial charge is 0.269 e. The number of anilines is 2. The summed E-state index contributed by atoms with van der Waals surface area (Å²) in [4.78, 5) is 56.7. The van der Waals surface area contributed by atoms with Crippen molar-refractivity contribution in [2.24, 2.45) is 5.92 Å². The number of amides is 1. The summed E-state index contributed by atoms with van der Waals surface area (Å²) in [6.45, 7) is 1.96. The predicted molar refractivity (Wildman–Crippen MR) is 164 cm³/mol. The topological polar surface area (TPSA) is 110 Å². The lowest BCUT2D eigenvalue weighted by molar-refractivity contribution is -0.384. The van der Waals surface area contributed by atoms with E-state index in [-0.39, 0.29) is 27.7 Å². The number of fused-ring (bicyclic) bond motifs is 6. The van der Waals surface area contributed by atoms with E-state index in [1.165, 1.54) is 24.3 Å². The van der Waals surface area contributed by atoms with Gasteiger partial charge in [0.1, 0.15) is 11.5 Å². The SMILES string of the molecule is CC1=C[C@@H]2N(c3ccccc31)[C@H](C(=O)c1ccc([N+](=O)[O-])cc1)[C@@H](C(=O)c1ccccc1Cl)[C@]21C(=O)Nc2ccccc21.